The van der Waals surface area contributed by atoms with Crippen LogP contribution in [0.15, 0.2) is 77.7 Å². The van der Waals surface area contributed by atoms with Crippen LogP contribution in [0.3, 0.4) is 0 Å². The summed E-state index contributed by atoms with van der Waals surface area (Å²) in [5.41, 5.74) is 1.23. The van der Waals surface area contributed by atoms with Gasteiger partial charge in [-0.1, -0.05) is 65.7 Å². The number of carbonyl (C=O) groups excluding carboxylic acids is 2. The lowest BCUT2D eigenvalue weighted by Gasteiger charge is -2.14. The Balaban J connectivity index is 1.44. The quantitative estimate of drug-likeness (QED) is 0.255. The van der Waals surface area contributed by atoms with E-state index in [4.69, 9.17) is 32.7 Å². The van der Waals surface area contributed by atoms with E-state index in [0.29, 0.717) is 45.0 Å². The number of rotatable bonds is 8. The average molecular weight is 500 g/mol. The predicted molar refractivity (Wildman–Crippen MR) is 132 cm³/mol. The largest absolute Gasteiger partial charge is 0.490 e. The topological polar surface area (TPSA) is 55.8 Å². The summed E-state index contributed by atoms with van der Waals surface area (Å²) in [6.07, 6.45) is 1.66. The highest BCUT2D eigenvalue weighted by atomic mass is 35.5. The number of benzene rings is 3. The number of imide groups is 1. The smallest absolute Gasteiger partial charge is 0.293 e. The van der Waals surface area contributed by atoms with Crippen molar-refractivity contribution in [1.82, 2.24) is 4.90 Å². The van der Waals surface area contributed by atoms with Crippen molar-refractivity contribution in [2.75, 3.05) is 13.2 Å². The third-order valence-corrected chi connectivity index (χ3v) is 6.43. The molecular formula is C25H19Cl2NO4S. The molecule has 3 aromatic rings. The zero-order valence-corrected chi connectivity index (χ0v) is 19.7. The molecule has 3 aromatic carbocycles. The minimum Gasteiger partial charge on any atom is -0.490 e. The number of para-hydroxylation sites is 2. The van der Waals surface area contributed by atoms with Crippen LogP contribution in [0.4, 0.5) is 4.79 Å². The van der Waals surface area contributed by atoms with Gasteiger partial charge in [-0.05, 0) is 48.2 Å². The van der Waals surface area contributed by atoms with E-state index in [1.54, 1.807) is 24.3 Å². The van der Waals surface area contributed by atoms with Gasteiger partial charge in [-0.3, -0.25) is 14.5 Å². The SMILES string of the molecule is O=C1S/C(=C\c2ccccc2OCCOc2ccccc2)C(=O)N1Cc1c(Cl)cccc1Cl. The average Bonchev–Trinajstić information content (AvgIpc) is 3.08. The van der Waals surface area contributed by atoms with E-state index in [2.05, 4.69) is 0 Å². The molecule has 0 spiro atoms. The molecule has 1 aliphatic heterocycles. The van der Waals surface area contributed by atoms with Gasteiger partial charge in [0.2, 0.25) is 0 Å². The molecule has 1 aliphatic rings. The molecule has 168 valence electrons. The third kappa shape index (κ3) is 5.71. The van der Waals surface area contributed by atoms with Gasteiger partial charge in [-0.15, -0.1) is 0 Å². The molecule has 0 radical (unpaired) electrons. The predicted octanol–water partition coefficient (Wildman–Crippen LogP) is 6.69. The van der Waals surface area contributed by atoms with Gasteiger partial charge in [0.1, 0.15) is 24.7 Å². The fourth-order valence-electron chi connectivity index (χ4n) is 3.18. The van der Waals surface area contributed by atoms with Crippen LogP contribution >= 0.6 is 35.0 Å². The van der Waals surface area contributed by atoms with Crippen LogP contribution in [0.25, 0.3) is 6.08 Å². The molecule has 1 saturated heterocycles. The van der Waals surface area contributed by atoms with Crippen LogP contribution in [0.5, 0.6) is 11.5 Å². The van der Waals surface area contributed by atoms with Crippen molar-refractivity contribution >= 4 is 52.2 Å². The fourth-order valence-corrected chi connectivity index (χ4v) is 4.52. The summed E-state index contributed by atoms with van der Waals surface area (Å²) < 4.78 is 11.5. The molecule has 0 atom stereocenters. The Bertz CT molecular complexity index is 1180. The number of carbonyl (C=O) groups is 2. The van der Waals surface area contributed by atoms with E-state index in [0.717, 1.165) is 22.4 Å². The zero-order chi connectivity index (χ0) is 23.2. The molecule has 0 aromatic heterocycles. The maximum Gasteiger partial charge on any atom is 0.293 e. The molecule has 0 N–H and O–H groups in total. The van der Waals surface area contributed by atoms with Gasteiger partial charge in [0.15, 0.2) is 0 Å². The number of amides is 2. The Hall–Kier alpha value is -2.93. The monoisotopic (exact) mass is 499 g/mol. The van der Waals surface area contributed by atoms with Gasteiger partial charge in [0, 0.05) is 21.2 Å². The van der Waals surface area contributed by atoms with E-state index >= 15 is 0 Å². The molecule has 8 heteroatoms. The maximum absolute atomic E-state index is 12.9. The van der Waals surface area contributed by atoms with Gasteiger partial charge in [0.05, 0.1) is 11.4 Å². The van der Waals surface area contributed by atoms with E-state index < -0.39 is 5.91 Å². The highest BCUT2D eigenvalue weighted by Crippen LogP contribution is 2.36. The number of hydrogen-bond donors (Lipinski definition) is 0. The van der Waals surface area contributed by atoms with Crippen molar-refractivity contribution < 1.29 is 19.1 Å². The summed E-state index contributed by atoms with van der Waals surface area (Å²) in [6, 6.07) is 21.8. The lowest BCUT2D eigenvalue weighted by atomic mass is 10.1. The summed E-state index contributed by atoms with van der Waals surface area (Å²) in [5, 5.41) is 0.431. The maximum atomic E-state index is 12.9. The summed E-state index contributed by atoms with van der Waals surface area (Å²) >= 11 is 13.3. The summed E-state index contributed by atoms with van der Waals surface area (Å²) in [7, 11) is 0. The summed E-state index contributed by atoms with van der Waals surface area (Å²) in [4.78, 5) is 26.9. The van der Waals surface area contributed by atoms with Crippen LogP contribution in [0.1, 0.15) is 11.1 Å². The van der Waals surface area contributed by atoms with Crippen molar-refractivity contribution in [1.29, 1.82) is 0 Å². The second-order valence-electron chi connectivity index (χ2n) is 7.02. The molecule has 4 rings (SSSR count). The van der Waals surface area contributed by atoms with Crippen molar-refractivity contribution in [2.24, 2.45) is 0 Å². The van der Waals surface area contributed by atoms with E-state index in [1.165, 1.54) is 0 Å². The second kappa shape index (κ2) is 10.8. The van der Waals surface area contributed by atoms with Crippen LogP contribution in [0.2, 0.25) is 10.0 Å². The number of nitrogens with zero attached hydrogens (tertiary/aromatic N) is 1. The Labute approximate surface area is 205 Å². The molecule has 0 unspecified atom stereocenters. The van der Waals surface area contributed by atoms with Crippen LogP contribution in [-0.2, 0) is 11.3 Å². The van der Waals surface area contributed by atoms with Gasteiger partial charge >= 0.3 is 0 Å². The number of hydrogen-bond acceptors (Lipinski definition) is 5. The van der Waals surface area contributed by atoms with Gasteiger partial charge < -0.3 is 9.47 Å². The van der Waals surface area contributed by atoms with Crippen molar-refractivity contribution in [3.8, 4) is 11.5 Å². The first kappa shape index (κ1) is 23.2. The Morgan fingerprint density at radius 3 is 2.24 bits per heavy atom. The van der Waals surface area contributed by atoms with Crippen molar-refractivity contribution in [2.45, 2.75) is 6.54 Å². The van der Waals surface area contributed by atoms with Crippen LogP contribution in [-0.4, -0.2) is 29.3 Å². The van der Waals surface area contributed by atoms with E-state index in [9.17, 15) is 9.59 Å². The van der Waals surface area contributed by atoms with Crippen molar-refractivity contribution in [3.63, 3.8) is 0 Å². The first-order valence-electron chi connectivity index (χ1n) is 10.1. The number of halogens is 2. The molecule has 0 aliphatic carbocycles. The normalized spacial score (nSPS) is 14.7. The number of thioether (sulfide) groups is 1. The third-order valence-electron chi connectivity index (χ3n) is 4.81. The Morgan fingerprint density at radius 1 is 0.818 bits per heavy atom. The van der Waals surface area contributed by atoms with Crippen molar-refractivity contribution in [3.05, 3.63) is 98.9 Å². The first-order chi connectivity index (χ1) is 16.0. The second-order valence-corrected chi connectivity index (χ2v) is 8.82. The number of ether oxygens (including phenoxy) is 2. The highest BCUT2D eigenvalue weighted by Gasteiger charge is 2.35. The van der Waals surface area contributed by atoms with E-state index in [-0.39, 0.29) is 11.8 Å². The minimum absolute atomic E-state index is 0.00941. The highest BCUT2D eigenvalue weighted by molar-refractivity contribution is 8.18. The Morgan fingerprint density at radius 2 is 1.48 bits per heavy atom. The molecule has 1 fully saturated rings. The minimum atomic E-state index is -0.400. The van der Waals surface area contributed by atoms with Gasteiger partial charge in [0.25, 0.3) is 11.1 Å². The molecule has 33 heavy (non-hydrogen) atoms. The fraction of sp³-hybridized carbons (Fsp3) is 0.120. The Kier molecular flexibility index (Phi) is 7.60. The van der Waals surface area contributed by atoms with E-state index in [1.807, 2.05) is 54.6 Å². The van der Waals surface area contributed by atoms with Gasteiger partial charge in [-0.2, -0.15) is 0 Å². The molecule has 0 bridgehead atoms. The summed E-state index contributed by atoms with van der Waals surface area (Å²) in [5.74, 6) is 0.958. The molecular weight excluding hydrogens is 481 g/mol. The zero-order valence-electron chi connectivity index (χ0n) is 17.4. The first-order valence-corrected chi connectivity index (χ1v) is 11.7. The lowest BCUT2D eigenvalue weighted by molar-refractivity contribution is -0.123. The molecule has 0 saturated carbocycles. The lowest BCUT2D eigenvalue weighted by Crippen LogP contribution is -2.27. The molecule has 2 amide bonds. The van der Waals surface area contributed by atoms with Gasteiger partial charge in [-0.25, -0.2) is 0 Å². The molecule has 1 heterocycles. The summed E-state index contributed by atoms with van der Waals surface area (Å²) in [6.45, 7) is 0.704. The van der Waals surface area contributed by atoms with Crippen LogP contribution in [0, 0.1) is 0 Å². The van der Waals surface area contributed by atoms with Crippen LogP contribution < -0.4 is 9.47 Å². The standard InChI is InChI=1S/C25H19Cl2NO4S/c26-20-10-6-11-21(27)19(20)16-28-24(29)23(33-25(28)30)15-17-7-4-5-12-22(17)32-14-13-31-18-8-2-1-3-9-18/h1-12,15H,13-14,16H2/b23-15-. The molecule has 5 nitrogen and oxygen atoms in total.